The van der Waals surface area contributed by atoms with Gasteiger partial charge in [0.05, 0.1) is 5.02 Å². The van der Waals surface area contributed by atoms with Gasteiger partial charge in [-0.2, -0.15) is 13.2 Å². The van der Waals surface area contributed by atoms with Crippen LogP contribution >= 0.6 is 22.9 Å². The van der Waals surface area contributed by atoms with Gasteiger partial charge in [-0.1, -0.05) is 66.2 Å². The first kappa shape index (κ1) is 29.6. The summed E-state index contributed by atoms with van der Waals surface area (Å²) in [4.78, 5) is 16.7. The molecule has 1 unspecified atom stereocenters. The van der Waals surface area contributed by atoms with Gasteiger partial charge in [0.15, 0.2) is 6.10 Å². The third-order valence-corrected chi connectivity index (χ3v) is 9.76. The molecule has 1 fully saturated rings. The van der Waals surface area contributed by atoms with Gasteiger partial charge in [-0.15, -0.1) is 11.3 Å². The van der Waals surface area contributed by atoms with Crippen molar-refractivity contribution in [2.24, 2.45) is 0 Å². The lowest BCUT2D eigenvalue weighted by molar-refractivity contribution is -0.206. The molecule has 0 spiro atoms. The Hall–Kier alpha value is -2.91. The summed E-state index contributed by atoms with van der Waals surface area (Å²) in [6, 6.07) is 19.9. The number of rotatable bonds is 7. The number of carbonyl (C=O) groups is 1. The van der Waals surface area contributed by atoms with Crippen LogP contribution in [-0.2, 0) is 6.54 Å². The highest BCUT2D eigenvalue weighted by Gasteiger charge is 2.39. The number of hydrogen-bond acceptors (Lipinski definition) is 4. The number of alkyl halides is 3. The van der Waals surface area contributed by atoms with Gasteiger partial charge >= 0.3 is 6.18 Å². The number of halogens is 4. The number of aliphatic hydroxyl groups is 1. The summed E-state index contributed by atoms with van der Waals surface area (Å²) in [5, 5.41) is 14.3. The van der Waals surface area contributed by atoms with Gasteiger partial charge in [0.25, 0.3) is 5.91 Å². The van der Waals surface area contributed by atoms with E-state index in [1.807, 2.05) is 61.3 Å². The molecule has 5 rings (SSSR count). The van der Waals surface area contributed by atoms with Crippen molar-refractivity contribution >= 4 is 38.9 Å². The zero-order valence-electron chi connectivity index (χ0n) is 22.8. The molecule has 1 amide bonds. The Morgan fingerprint density at radius 1 is 1.05 bits per heavy atom. The van der Waals surface area contributed by atoms with Gasteiger partial charge in [0.2, 0.25) is 0 Å². The van der Waals surface area contributed by atoms with E-state index in [0.717, 1.165) is 58.0 Å². The highest BCUT2D eigenvalue weighted by Crippen LogP contribution is 2.38. The Bertz CT molecular complexity index is 1530. The maximum absolute atomic E-state index is 14.2. The molecule has 2 N–H and O–H groups in total. The van der Waals surface area contributed by atoms with E-state index in [0.29, 0.717) is 22.5 Å². The first-order valence-electron chi connectivity index (χ1n) is 13.7. The number of thiophene rings is 1. The first-order valence-corrected chi connectivity index (χ1v) is 14.9. The highest BCUT2D eigenvalue weighted by atomic mass is 35.5. The van der Waals surface area contributed by atoms with E-state index < -0.39 is 12.3 Å². The summed E-state index contributed by atoms with van der Waals surface area (Å²) in [6.45, 7) is 2.39. The van der Waals surface area contributed by atoms with Crippen molar-refractivity contribution in [3.63, 3.8) is 0 Å². The van der Waals surface area contributed by atoms with Crippen LogP contribution in [0.4, 0.5) is 13.2 Å². The number of amides is 1. The molecule has 1 heterocycles. The Balaban J connectivity index is 1.46. The van der Waals surface area contributed by atoms with E-state index in [9.17, 15) is 23.1 Å². The van der Waals surface area contributed by atoms with Gasteiger partial charge in [0, 0.05) is 28.7 Å². The molecular weight excluding hydrogens is 569 g/mol. The first-order chi connectivity index (χ1) is 19.6. The summed E-state index contributed by atoms with van der Waals surface area (Å²) in [5.41, 5.74) is 3.32. The fourth-order valence-electron chi connectivity index (χ4n) is 5.58. The number of nitrogens with one attached hydrogen (secondary N) is 1. The van der Waals surface area contributed by atoms with Crippen LogP contribution in [-0.4, -0.2) is 41.2 Å². The molecule has 4 aromatic rings. The summed E-state index contributed by atoms with van der Waals surface area (Å²) in [6.07, 6.45) is -3.55. The molecule has 216 valence electrons. The van der Waals surface area contributed by atoms with E-state index in [1.54, 1.807) is 12.1 Å². The number of nitrogens with zero attached hydrogens (tertiary/aromatic N) is 1. The second kappa shape index (κ2) is 12.1. The fourth-order valence-corrected chi connectivity index (χ4v) is 7.04. The molecule has 0 saturated heterocycles. The second-order valence-electron chi connectivity index (χ2n) is 10.7. The van der Waals surface area contributed by atoms with E-state index in [-0.39, 0.29) is 17.5 Å². The molecule has 1 saturated carbocycles. The van der Waals surface area contributed by atoms with Crippen molar-refractivity contribution in [1.82, 2.24) is 10.2 Å². The molecule has 41 heavy (non-hydrogen) atoms. The third kappa shape index (κ3) is 6.31. The standard InChI is InChI=1S/C32H32ClF3N2O2S/c1-19-7-8-22(20-9-11-21(12-10-20)30(39)32(34,35)36)17-23(19)18-38(25-15-13-24(37-2)14-16-25)31(40)29-28(33)26-5-3-4-6-27(26)41-29/h3-12,17,24-25,30,37,39H,13-16,18H2,1-2H3/t24-,25-,30?. The predicted octanol–water partition coefficient (Wildman–Crippen LogP) is 8.30. The number of fused-ring (bicyclic) bond motifs is 1. The van der Waals surface area contributed by atoms with Gasteiger partial charge in [0.1, 0.15) is 4.88 Å². The molecule has 0 bridgehead atoms. The van der Waals surface area contributed by atoms with Crippen LogP contribution in [0.5, 0.6) is 0 Å². The van der Waals surface area contributed by atoms with Crippen LogP contribution in [0.15, 0.2) is 66.7 Å². The average Bonchev–Trinajstić information content (AvgIpc) is 3.32. The minimum atomic E-state index is -4.72. The van der Waals surface area contributed by atoms with Crippen LogP contribution in [0.3, 0.4) is 0 Å². The van der Waals surface area contributed by atoms with E-state index >= 15 is 0 Å². The van der Waals surface area contributed by atoms with Gasteiger partial charge in [-0.3, -0.25) is 4.79 Å². The van der Waals surface area contributed by atoms with Crippen molar-refractivity contribution in [3.8, 4) is 11.1 Å². The van der Waals surface area contributed by atoms with E-state index in [1.165, 1.54) is 23.5 Å². The van der Waals surface area contributed by atoms with Crippen LogP contribution in [0, 0.1) is 6.92 Å². The van der Waals surface area contributed by atoms with Crippen LogP contribution in [0.25, 0.3) is 21.2 Å². The minimum Gasteiger partial charge on any atom is -0.379 e. The van der Waals surface area contributed by atoms with Crippen LogP contribution in [0.2, 0.25) is 5.02 Å². The number of hydrogen-bond donors (Lipinski definition) is 2. The number of benzene rings is 3. The fraction of sp³-hybridized carbons (Fsp3) is 0.344. The van der Waals surface area contributed by atoms with Gasteiger partial charge < -0.3 is 15.3 Å². The molecule has 1 aromatic heterocycles. The lowest BCUT2D eigenvalue weighted by Crippen LogP contribution is -2.44. The smallest absolute Gasteiger partial charge is 0.379 e. The zero-order valence-corrected chi connectivity index (χ0v) is 24.4. The molecule has 3 aromatic carbocycles. The van der Waals surface area contributed by atoms with Gasteiger partial charge in [-0.05, 0) is 79.6 Å². The summed E-state index contributed by atoms with van der Waals surface area (Å²) >= 11 is 8.16. The van der Waals surface area contributed by atoms with Crippen molar-refractivity contribution < 1.29 is 23.1 Å². The monoisotopic (exact) mass is 600 g/mol. The van der Waals surface area contributed by atoms with Crippen molar-refractivity contribution in [2.75, 3.05) is 7.05 Å². The lowest BCUT2D eigenvalue weighted by Gasteiger charge is -2.37. The van der Waals surface area contributed by atoms with Crippen molar-refractivity contribution in [3.05, 3.63) is 93.3 Å². The summed E-state index contributed by atoms with van der Waals surface area (Å²) in [7, 11) is 1.97. The maximum Gasteiger partial charge on any atom is 0.418 e. The molecule has 0 radical (unpaired) electrons. The average molecular weight is 601 g/mol. The van der Waals surface area contributed by atoms with Crippen LogP contribution < -0.4 is 5.32 Å². The molecule has 1 aliphatic rings. The Morgan fingerprint density at radius 3 is 2.34 bits per heavy atom. The van der Waals surface area contributed by atoms with Crippen LogP contribution in [0.1, 0.15) is 58.1 Å². The molecule has 0 aliphatic heterocycles. The summed E-state index contributed by atoms with van der Waals surface area (Å²) in [5.74, 6) is -0.0839. The Kier molecular flexibility index (Phi) is 8.76. The Morgan fingerprint density at radius 2 is 1.71 bits per heavy atom. The van der Waals surface area contributed by atoms with Gasteiger partial charge in [-0.25, -0.2) is 0 Å². The van der Waals surface area contributed by atoms with E-state index in [2.05, 4.69) is 5.32 Å². The van der Waals surface area contributed by atoms with E-state index in [4.69, 9.17) is 11.6 Å². The molecule has 4 nitrogen and oxygen atoms in total. The maximum atomic E-state index is 14.2. The SMILES string of the molecule is CN[C@H]1CC[C@H](N(Cc2cc(-c3ccc(C(O)C(F)(F)F)cc3)ccc2C)C(=O)c2sc3ccccc3c2Cl)CC1. The largest absolute Gasteiger partial charge is 0.418 e. The molecule has 1 aliphatic carbocycles. The number of carbonyl (C=O) groups excluding carboxylic acids is 1. The molecular formula is C32H32ClF3N2O2S. The molecule has 1 atom stereocenters. The zero-order chi connectivity index (χ0) is 29.3. The third-order valence-electron chi connectivity index (χ3n) is 8.10. The topological polar surface area (TPSA) is 52.6 Å². The quantitative estimate of drug-likeness (QED) is 0.224. The minimum absolute atomic E-state index is 0.0552. The predicted molar refractivity (Wildman–Crippen MR) is 159 cm³/mol. The normalized spacial score (nSPS) is 18.4. The highest BCUT2D eigenvalue weighted by molar-refractivity contribution is 7.21. The number of aryl methyl sites for hydroxylation is 1. The Labute approximate surface area is 246 Å². The second-order valence-corrected chi connectivity index (χ2v) is 12.1. The van der Waals surface area contributed by atoms with Crippen molar-refractivity contribution in [2.45, 2.75) is 63.5 Å². The lowest BCUT2D eigenvalue weighted by atomic mass is 9.89. The number of aliphatic hydroxyl groups excluding tert-OH is 1. The van der Waals surface area contributed by atoms with Crippen molar-refractivity contribution in [1.29, 1.82) is 0 Å². The molecule has 9 heteroatoms. The summed E-state index contributed by atoms with van der Waals surface area (Å²) < 4.78 is 39.8.